The Morgan fingerprint density at radius 2 is 1.88 bits per heavy atom. The summed E-state index contributed by atoms with van der Waals surface area (Å²) in [5.41, 5.74) is 1.94. The van der Waals surface area contributed by atoms with Crippen LogP contribution in [0.25, 0.3) is 0 Å². The van der Waals surface area contributed by atoms with Crippen LogP contribution in [0.3, 0.4) is 0 Å². The van der Waals surface area contributed by atoms with Crippen molar-refractivity contribution in [1.29, 1.82) is 0 Å². The lowest BCUT2D eigenvalue weighted by molar-refractivity contribution is 0.0959. The Morgan fingerprint density at radius 3 is 2.41 bits per heavy atom. The van der Waals surface area contributed by atoms with Crippen LogP contribution in [0.5, 0.6) is 0 Å². The van der Waals surface area contributed by atoms with Crippen molar-refractivity contribution >= 4 is 5.78 Å². The Kier molecular flexibility index (Phi) is 5.87. The molecule has 1 N–H and O–H groups in total. The van der Waals surface area contributed by atoms with Crippen molar-refractivity contribution in [3.63, 3.8) is 0 Å². The van der Waals surface area contributed by atoms with Gasteiger partial charge in [0.05, 0.1) is 6.61 Å². The van der Waals surface area contributed by atoms with E-state index in [4.69, 9.17) is 5.11 Å². The second-order valence-corrected chi connectivity index (χ2v) is 4.20. The number of aliphatic hydroxyl groups excluding tert-OH is 1. The summed E-state index contributed by atoms with van der Waals surface area (Å²) in [6.45, 7) is 6.40. The summed E-state index contributed by atoms with van der Waals surface area (Å²) < 4.78 is 0. The molecule has 3 heteroatoms. The van der Waals surface area contributed by atoms with Crippen LogP contribution in [-0.4, -0.2) is 42.0 Å². The SMILES string of the molecule is CCN(CCO)CCC(=O)c1ccc(C)cc1. The van der Waals surface area contributed by atoms with E-state index in [1.165, 1.54) is 0 Å². The molecular formula is C14H21NO2. The average Bonchev–Trinajstić information content (AvgIpc) is 2.35. The molecule has 1 aromatic rings. The number of rotatable bonds is 7. The molecule has 1 aromatic carbocycles. The fourth-order valence-electron chi connectivity index (χ4n) is 1.71. The molecule has 1 rings (SSSR count). The zero-order chi connectivity index (χ0) is 12.7. The van der Waals surface area contributed by atoms with Gasteiger partial charge >= 0.3 is 0 Å². The first-order valence-electron chi connectivity index (χ1n) is 6.10. The monoisotopic (exact) mass is 235 g/mol. The molecule has 0 heterocycles. The van der Waals surface area contributed by atoms with E-state index in [1.54, 1.807) is 0 Å². The van der Waals surface area contributed by atoms with Gasteiger partial charge in [-0.15, -0.1) is 0 Å². The highest BCUT2D eigenvalue weighted by atomic mass is 16.3. The van der Waals surface area contributed by atoms with E-state index in [-0.39, 0.29) is 12.4 Å². The second-order valence-electron chi connectivity index (χ2n) is 4.20. The Hall–Kier alpha value is -1.19. The summed E-state index contributed by atoms with van der Waals surface area (Å²) in [6, 6.07) is 7.66. The number of nitrogens with zero attached hydrogens (tertiary/aromatic N) is 1. The fourth-order valence-corrected chi connectivity index (χ4v) is 1.71. The molecule has 0 aliphatic carbocycles. The Bertz CT molecular complexity index is 346. The molecule has 0 aliphatic heterocycles. The van der Waals surface area contributed by atoms with E-state index in [9.17, 15) is 4.79 Å². The van der Waals surface area contributed by atoms with Crippen LogP contribution in [0.1, 0.15) is 29.3 Å². The lowest BCUT2D eigenvalue weighted by Crippen LogP contribution is -2.29. The van der Waals surface area contributed by atoms with E-state index < -0.39 is 0 Å². The molecule has 17 heavy (non-hydrogen) atoms. The lowest BCUT2D eigenvalue weighted by Gasteiger charge is -2.18. The van der Waals surface area contributed by atoms with Crippen molar-refractivity contribution in [2.75, 3.05) is 26.2 Å². The van der Waals surface area contributed by atoms with Crippen LogP contribution in [0.15, 0.2) is 24.3 Å². The number of benzene rings is 1. The largest absolute Gasteiger partial charge is 0.395 e. The minimum Gasteiger partial charge on any atom is -0.395 e. The maximum atomic E-state index is 11.9. The lowest BCUT2D eigenvalue weighted by atomic mass is 10.1. The normalized spacial score (nSPS) is 10.8. The molecule has 0 amide bonds. The standard InChI is InChI=1S/C14H21NO2/c1-3-15(10-11-16)9-8-14(17)13-6-4-12(2)5-7-13/h4-7,16H,3,8-11H2,1-2H3. The molecule has 0 unspecified atom stereocenters. The van der Waals surface area contributed by atoms with Crippen LogP contribution in [-0.2, 0) is 0 Å². The molecular weight excluding hydrogens is 214 g/mol. The summed E-state index contributed by atoms with van der Waals surface area (Å²) in [5.74, 6) is 0.168. The third-order valence-corrected chi connectivity index (χ3v) is 2.89. The first-order valence-corrected chi connectivity index (χ1v) is 6.10. The number of carbonyl (C=O) groups excluding carboxylic acids is 1. The van der Waals surface area contributed by atoms with Gasteiger partial charge in [-0.1, -0.05) is 36.8 Å². The Balaban J connectivity index is 2.46. The second kappa shape index (κ2) is 7.20. The van der Waals surface area contributed by atoms with Crippen molar-refractivity contribution in [3.8, 4) is 0 Å². The minimum atomic E-state index is 0.145. The van der Waals surface area contributed by atoms with Gasteiger partial charge in [0.1, 0.15) is 0 Å². The van der Waals surface area contributed by atoms with Crippen molar-refractivity contribution in [2.45, 2.75) is 20.3 Å². The number of carbonyl (C=O) groups is 1. The van der Waals surface area contributed by atoms with E-state index in [1.807, 2.05) is 38.1 Å². The highest BCUT2D eigenvalue weighted by Crippen LogP contribution is 2.06. The zero-order valence-electron chi connectivity index (χ0n) is 10.6. The topological polar surface area (TPSA) is 40.5 Å². The average molecular weight is 235 g/mol. The van der Waals surface area contributed by atoms with Crippen molar-refractivity contribution in [1.82, 2.24) is 4.90 Å². The molecule has 0 atom stereocenters. The van der Waals surface area contributed by atoms with Gasteiger partial charge < -0.3 is 10.0 Å². The molecule has 0 bridgehead atoms. The van der Waals surface area contributed by atoms with E-state index in [0.717, 1.165) is 17.7 Å². The van der Waals surface area contributed by atoms with E-state index >= 15 is 0 Å². The maximum absolute atomic E-state index is 11.9. The number of hydrogen-bond donors (Lipinski definition) is 1. The number of aryl methyl sites for hydroxylation is 1. The fraction of sp³-hybridized carbons (Fsp3) is 0.500. The van der Waals surface area contributed by atoms with Gasteiger partial charge in [-0.2, -0.15) is 0 Å². The number of hydrogen-bond acceptors (Lipinski definition) is 3. The van der Waals surface area contributed by atoms with Crippen LogP contribution < -0.4 is 0 Å². The maximum Gasteiger partial charge on any atom is 0.164 e. The van der Waals surface area contributed by atoms with Gasteiger partial charge in [0.25, 0.3) is 0 Å². The summed E-state index contributed by atoms with van der Waals surface area (Å²) in [6.07, 6.45) is 0.511. The molecule has 0 fully saturated rings. The van der Waals surface area contributed by atoms with Gasteiger partial charge in [-0.3, -0.25) is 4.79 Å². The smallest absolute Gasteiger partial charge is 0.164 e. The van der Waals surface area contributed by atoms with Gasteiger partial charge in [0, 0.05) is 25.1 Å². The predicted molar refractivity (Wildman–Crippen MR) is 69.3 cm³/mol. The van der Waals surface area contributed by atoms with Crippen LogP contribution in [0.2, 0.25) is 0 Å². The predicted octanol–water partition coefficient (Wildman–Crippen LogP) is 1.88. The van der Waals surface area contributed by atoms with Gasteiger partial charge in [-0.05, 0) is 13.5 Å². The molecule has 0 aliphatic rings. The highest BCUT2D eigenvalue weighted by Gasteiger charge is 2.08. The third kappa shape index (κ3) is 4.67. The molecule has 0 saturated carbocycles. The summed E-state index contributed by atoms with van der Waals surface area (Å²) in [4.78, 5) is 14.0. The van der Waals surface area contributed by atoms with E-state index in [2.05, 4.69) is 4.90 Å². The number of aliphatic hydroxyl groups is 1. The van der Waals surface area contributed by atoms with Crippen LogP contribution >= 0.6 is 0 Å². The van der Waals surface area contributed by atoms with Gasteiger partial charge in [0.15, 0.2) is 5.78 Å². The van der Waals surface area contributed by atoms with Crippen molar-refractivity contribution < 1.29 is 9.90 Å². The van der Waals surface area contributed by atoms with Crippen molar-refractivity contribution in [2.24, 2.45) is 0 Å². The van der Waals surface area contributed by atoms with Crippen LogP contribution in [0.4, 0.5) is 0 Å². The molecule has 0 radical (unpaired) electrons. The molecule has 0 aromatic heterocycles. The van der Waals surface area contributed by atoms with Crippen molar-refractivity contribution in [3.05, 3.63) is 35.4 Å². The third-order valence-electron chi connectivity index (χ3n) is 2.89. The number of likely N-dealkylation sites (N-methyl/N-ethyl adjacent to an activating group) is 1. The van der Waals surface area contributed by atoms with Crippen LogP contribution in [0, 0.1) is 6.92 Å². The molecule has 0 saturated heterocycles. The molecule has 3 nitrogen and oxygen atoms in total. The van der Waals surface area contributed by atoms with Gasteiger partial charge in [-0.25, -0.2) is 0 Å². The Labute approximate surface area is 103 Å². The molecule has 0 spiro atoms. The quantitative estimate of drug-likeness (QED) is 0.734. The zero-order valence-corrected chi connectivity index (χ0v) is 10.6. The Morgan fingerprint density at radius 1 is 1.24 bits per heavy atom. The summed E-state index contributed by atoms with van der Waals surface area (Å²) in [7, 11) is 0. The number of Topliss-reactive ketones (excluding diaryl/α,β-unsaturated/α-hetero) is 1. The summed E-state index contributed by atoms with van der Waals surface area (Å²) >= 11 is 0. The van der Waals surface area contributed by atoms with Gasteiger partial charge in [0.2, 0.25) is 0 Å². The molecule has 94 valence electrons. The first-order chi connectivity index (χ1) is 8.17. The van der Waals surface area contributed by atoms with E-state index in [0.29, 0.717) is 19.5 Å². The summed E-state index contributed by atoms with van der Waals surface area (Å²) in [5, 5.41) is 8.85. The minimum absolute atomic E-state index is 0.145. The number of ketones is 1. The highest BCUT2D eigenvalue weighted by molar-refractivity contribution is 5.96. The first kappa shape index (κ1) is 13.9.